The van der Waals surface area contributed by atoms with Crippen molar-refractivity contribution in [2.45, 2.75) is 19.8 Å². The SMILES string of the molecule is CCCNc1cc(Cc2nccn2C)ncn1. The summed E-state index contributed by atoms with van der Waals surface area (Å²) in [6.45, 7) is 3.06. The van der Waals surface area contributed by atoms with Gasteiger partial charge < -0.3 is 9.88 Å². The third kappa shape index (κ3) is 3.03. The average molecular weight is 231 g/mol. The van der Waals surface area contributed by atoms with Crippen molar-refractivity contribution < 1.29 is 0 Å². The van der Waals surface area contributed by atoms with Crippen molar-refractivity contribution in [3.63, 3.8) is 0 Å². The van der Waals surface area contributed by atoms with Crippen LogP contribution in [0.5, 0.6) is 0 Å². The molecule has 0 aliphatic heterocycles. The summed E-state index contributed by atoms with van der Waals surface area (Å²) in [5.74, 6) is 1.89. The van der Waals surface area contributed by atoms with Gasteiger partial charge in [0.05, 0.1) is 5.69 Å². The first-order chi connectivity index (χ1) is 8.29. The predicted octanol–water partition coefficient (Wildman–Crippen LogP) is 1.62. The summed E-state index contributed by atoms with van der Waals surface area (Å²) >= 11 is 0. The highest BCUT2D eigenvalue weighted by atomic mass is 15.0. The van der Waals surface area contributed by atoms with Crippen LogP contribution in [-0.2, 0) is 13.5 Å². The molecule has 2 aromatic heterocycles. The van der Waals surface area contributed by atoms with Crippen LogP contribution in [0.15, 0.2) is 24.8 Å². The van der Waals surface area contributed by atoms with Crippen molar-refractivity contribution >= 4 is 5.82 Å². The standard InChI is InChI=1S/C12H17N5/c1-3-4-13-11-7-10(15-9-16-11)8-12-14-5-6-17(12)2/h5-7,9H,3-4,8H2,1-2H3,(H,13,15,16). The second-order valence-electron chi connectivity index (χ2n) is 3.95. The van der Waals surface area contributed by atoms with Gasteiger partial charge in [0.2, 0.25) is 0 Å². The van der Waals surface area contributed by atoms with Crippen LogP contribution in [-0.4, -0.2) is 26.1 Å². The van der Waals surface area contributed by atoms with Crippen molar-refractivity contribution in [2.24, 2.45) is 7.05 Å². The molecule has 2 heterocycles. The molecule has 0 aliphatic rings. The molecule has 0 atom stereocenters. The van der Waals surface area contributed by atoms with Gasteiger partial charge in [-0.2, -0.15) is 0 Å². The van der Waals surface area contributed by atoms with E-state index in [0.29, 0.717) is 0 Å². The van der Waals surface area contributed by atoms with E-state index in [4.69, 9.17) is 0 Å². The first-order valence-corrected chi connectivity index (χ1v) is 5.80. The highest BCUT2D eigenvalue weighted by molar-refractivity contribution is 5.35. The molecule has 17 heavy (non-hydrogen) atoms. The minimum absolute atomic E-state index is 0.729. The number of anilines is 1. The van der Waals surface area contributed by atoms with Gasteiger partial charge in [0.25, 0.3) is 0 Å². The van der Waals surface area contributed by atoms with Crippen LogP contribution >= 0.6 is 0 Å². The Morgan fingerprint density at radius 2 is 2.18 bits per heavy atom. The second-order valence-corrected chi connectivity index (χ2v) is 3.95. The Kier molecular flexibility index (Phi) is 3.69. The highest BCUT2D eigenvalue weighted by Gasteiger charge is 2.03. The summed E-state index contributed by atoms with van der Waals surface area (Å²) in [5.41, 5.74) is 0.980. The molecule has 0 spiro atoms. The Balaban J connectivity index is 2.08. The fraction of sp³-hybridized carbons (Fsp3) is 0.417. The smallest absolute Gasteiger partial charge is 0.129 e. The molecule has 0 saturated heterocycles. The van der Waals surface area contributed by atoms with Gasteiger partial charge in [-0.1, -0.05) is 6.92 Å². The maximum atomic E-state index is 4.29. The van der Waals surface area contributed by atoms with E-state index in [1.165, 1.54) is 0 Å². The first-order valence-electron chi connectivity index (χ1n) is 5.80. The zero-order valence-electron chi connectivity index (χ0n) is 10.2. The van der Waals surface area contributed by atoms with E-state index in [9.17, 15) is 0 Å². The summed E-state index contributed by atoms with van der Waals surface area (Å²) in [6, 6.07) is 1.98. The van der Waals surface area contributed by atoms with Crippen LogP contribution in [0.25, 0.3) is 0 Å². The van der Waals surface area contributed by atoms with Gasteiger partial charge in [0.15, 0.2) is 0 Å². The number of aryl methyl sites for hydroxylation is 1. The van der Waals surface area contributed by atoms with Gasteiger partial charge in [-0.15, -0.1) is 0 Å². The Labute approximate surface area is 101 Å². The molecule has 90 valence electrons. The van der Waals surface area contributed by atoms with Crippen LogP contribution in [0.4, 0.5) is 5.82 Å². The lowest BCUT2D eigenvalue weighted by molar-refractivity contribution is 0.808. The number of nitrogens with zero attached hydrogens (tertiary/aromatic N) is 4. The quantitative estimate of drug-likeness (QED) is 0.849. The zero-order chi connectivity index (χ0) is 12.1. The molecular formula is C12H17N5. The molecular weight excluding hydrogens is 214 g/mol. The molecule has 2 rings (SSSR count). The van der Waals surface area contributed by atoms with E-state index in [1.807, 2.05) is 23.9 Å². The Morgan fingerprint density at radius 1 is 1.29 bits per heavy atom. The van der Waals surface area contributed by atoms with Gasteiger partial charge in [-0.25, -0.2) is 15.0 Å². The summed E-state index contributed by atoms with van der Waals surface area (Å²) in [6.07, 6.45) is 7.14. The van der Waals surface area contributed by atoms with Crippen LogP contribution in [0.1, 0.15) is 24.9 Å². The molecule has 2 aromatic rings. The second kappa shape index (κ2) is 5.43. The van der Waals surface area contributed by atoms with E-state index in [1.54, 1.807) is 12.5 Å². The summed E-state index contributed by atoms with van der Waals surface area (Å²) in [7, 11) is 1.99. The monoisotopic (exact) mass is 231 g/mol. The van der Waals surface area contributed by atoms with E-state index < -0.39 is 0 Å². The van der Waals surface area contributed by atoms with E-state index in [-0.39, 0.29) is 0 Å². The fourth-order valence-corrected chi connectivity index (χ4v) is 1.57. The van der Waals surface area contributed by atoms with Crippen LogP contribution in [0.3, 0.4) is 0 Å². The first kappa shape index (κ1) is 11.6. The molecule has 0 radical (unpaired) electrons. The summed E-state index contributed by atoms with van der Waals surface area (Å²) in [4.78, 5) is 12.7. The number of hydrogen-bond acceptors (Lipinski definition) is 4. The molecule has 0 aliphatic carbocycles. The van der Waals surface area contributed by atoms with E-state index in [2.05, 4.69) is 27.2 Å². The van der Waals surface area contributed by atoms with Gasteiger partial charge in [0, 0.05) is 38.5 Å². The molecule has 1 N–H and O–H groups in total. The van der Waals surface area contributed by atoms with Crippen molar-refractivity contribution in [3.05, 3.63) is 36.3 Å². The average Bonchev–Trinajstić information content (AvgIpc) is 2.73. The third-order valence-corrected chi connectivity index (χ3v) is 2.54. The number of aromatic nitrogens is 4. The van der Waals surface area contributed by atoms with Gasteiger partial charge in [-0.3, -0.25) is 0 Å². The Morgan fingerprint density at radius 3 is 2.88 bits per heavy atom. The lowest BCUT2D eigenvalue weighted by Crippen LogP contribution is -2.05. The number of nitrogens with one attached hydrogen (secondary N) is 1. The molecule has 0 bridgehead atoms. The lowest BCUT2D eigenvalue weighted by atomic mass is 10.3. The van der Waals surface area contributed by atoms with Gasteiger partial charge in [-0.05, 0) is 6.42 Å². The van der Waals surface area contributed by atoms with Crippen LogP contribution < -0.4 is 5.32 Å². The minimum atomic E-state index is 0.729. The number of rotatable bonds is 5. The predicted molar refractivity (Wildman–Crippen MR) is 66.8 cm³/mol. The normalized spacial score (nSPS) is 10.5. The highest BCUT2D eigenvalue weighted by Crippen LogP contribution is 2.08. The number of imidazole rings is 1. The molecule has 5 heteroatoms. The summed E-state index contributed by atoms with van der Waals surface area (Å²) < 4.78 is 2.00. The van der Waals surface area contributed by atoms with Crippen molar-refractivity contribution in [2.75, 3.05) is 11.9 Å². The van der Waals surface area contributed by atoms with E-state index >= 15 is 0 Å². The molecule has 0 saturated carbocycles. The van der Waals surface area contributed by atoms with Gasteiger partial charge in [0.1, 0.15) is 18.0 Å². The maximum absolute atomic E-state index is 4.29. The number of hydrogen-bond donors (Lipinski definition) is 1. The minimum Gasteiger partial charge on any atom is -0.370 e. The zero-order valence-corrected chi connectivity index (χ0v) is 10.2. The lowest BCUT2D eigenvalue weighted by Gasteiger charge is -2.05. The van der Waals surface area contributed by atoms with Gasteiger partial charge >= 0.3 is 0 Å². The fourth-order valence-electron chi connectivity index (χ4n) is 1.57. The molecule has 0 aromatic carbocycles. The van der Waals surface area contributed by atoms with Crippen LogP contribution in [0, 0.1) is 0 Å². The summed E-state index contributed by atoms with van der Waals surface area (Å²) in [5, 5.41) is 3.25. The van der Waals surface area contributed by atoms with E-state index in [0.717, 1.165) is 36.7 Å². The van der Waals surface area contributed by atoms with Crippen molar-refractivity contribution in [3.8, 4) is 0 Å². The molecule has 0 amide bonds. The molecule has 5 nitrogen and oxygen atoms in total. The van der Waals surface area contributed by atoms with Crippen LogP contribution in [0.2, 0.25) is 0 Å². The Bertz CT molecular complexity index is 477. The largest absolute Gasteiger partial charge is 0.370 e. The maximum Gasteiger partial charge on any atom is 0.129 e. The topological polar surface area (TPSA) is 55.6 Å². The third-order valence-electron chi connectivity index (χ3n) is 2.54. The molecule has 0 fully saturated rings. The molecule has 0 unspecified atom stereocenters. The van der Waals surface area contributed by atoms with Crippen molar-refractivity contribution in [1.29, 1.82) is 0 Å². The van der Waals surface area contributed by atoms with Crippen molar-refractivity contribution in [1.82, 2.24) is 19.5 Å². The Hall–Kier alpha value is -1.91.